The number of aryl methyl sites for hydroxylation is 1. The fraction of sp³-hybridized carbons (Fsp3) is 0.636. The van der Waals surface area contributed by atoms with Crippen LogP contribution in [0.3, 0.4) is 0 Å². The molecule has 0 radical (unpaired) electrons. The van der Waals surface area contributed by atoms with Gasteiger partial charge in [0.25, 0.3) is 0 Å². The molecular formula is C22H34N4O2. The van der Waals surface area contributed by atoms with Gasteiger partial charge in [0.15, 0.2) is 0 Å². The molecule has 3 rings (SSSR count). The second kappa shape index (κ2) is 9.41. The third kappa shape index (κ3) is 4.85. The van der Waals surface area contributed by atoms with Gasteiger partial charge in [-0.2, -0.15) is 0 Å². The molecule has 0 saturated carbocycles. The van der Waals surface area contributed by atoms with Gasteiger partial charge in [0.05, 0.1) is 6.04 Å². The number of rotatable bonds is 5. The van der Waals surface area contributed by atoms with Crippen molar-refractivity contribution in [2.75, 3.05) is 45.8 Å². The van der Waals surface area contributed by atoms with E-state index in [1.165, 1.54) is 24.0 Å². The number of piperidine rings is 1. The normalized spacial score (nSPS) is 20.3. The van der Waals surface area contributed by atoms with Crippen LogP contribution >= 0.6 is 0 Å². The number of likely N-dealkylation sites (tertiary alicyclic amines) is 1. The van der Waals surface area contributed by atoms with Crippen LogP contribution < -0.4 is 5.32 Å². The second-order valence-corrected chi connectivity index (χ2v) is 8.17. The monoisotopic (exact) mass is 386 g/mol. The second-order valence-electron chi connectivity index (χ2n) is 8.17. The van der Waals surface area contributed by atoms with E-state index in [4.69, 9.17) is 0 Å². The number of hydrogen-bond acceptors (Lipinski definition) is 3. The summed E-state index contributed by atoms with van der Waals surface area (Å²) in [5.41, 5.74) is 2.54. The maximum atomic E-state index is 12.7. The summed E-state index contributed by atoms with van der Waals surface area (Å²) in [7, 11) is 0. The van der Waals surface area contributed by atoms with Gasteiger partial charge in [0.1, 0.15) is 6.54 Å². The molecule has 3 amide bonds. The van der Waals surface area contributed by atoms with E-state index in [2.05, 4.69) is 48.3 Å². The van der Waals surface area contributed by atoms with Crippen LogP contribution in [0.25, 0.3) is 0 Å². The van der Waals surface area contributed by atoms with Crippen LogP contribution in [0, 0.1) is 12.8 Å². The highest BCUT2D eigenvalue weighted by atomic mass is 16.2. The summed E-state index contributed by atoms with van der Waals surface area (Å²) in [5, 5.41) is 3.11. The van der Waals surface area contributed by atoms with Crippen LogP contribution in [0.4, 0.5) is 4.79 Å². The number of nitrogens with one attached hydrogen (secondary N) is 1. The molecule has 0 bridgehead atoms. The maximum Gasteiger partial charge on any atom is 0.317 e. The fourth-order valence-electron chi connectivity index (χ4n) is 4.25. The number of likely N-dealkylation sites (N-methyl/N-ethyl adjacent to an activating group) is 1. The van der Waals surface area contributed by atoms with Crippen LogP contribution in [0.15, 0.2) is 24.3 Å². The van der Waals surface area contributed by atoms with Crippen molar-refractivity contribution < 1.29 is 9.59 Å². The molecule has 1 unspecified atom stereocenters. The first-order valence-corrected chi connectivity index (χ1v) is 10.6. The average molecular weight is 387 g/mol. The van der Waals surface area contributed by atoms with E-state index in [-0.39, 0.29) is 24.5 Å². The molecule has 0 spiro atoms. The minimum absolute atomic E-state index is 0.0318. The molecule has 2 saturated heterocycles. The number of nitrogens with zero attached hydrogens (tertiary/aromatic N) is 3. The van der Waals surface area contributed by atoms with E-state index in [1.807, 2.05) is 6.92 Å². The molecule has 6 nitrogen and oxygen atoms in total. The number of benzene rings is 1. The first-order chi connectivity index (χ1) is 13.5. The zero-order valence-electron chi connectivity index (χ0n) is 17.5. The van der Waals surface area contributed by atoms with Gasteiger partial charge in [-0.3, -0.25) is 9.69 Å². The Kier molecular flexibility index (Phi) is 6.94. The Hall–Kier alpha value is -2.08. The quantitative estimate of drug-likeness (QED) is 0.846. The average Bonchev–Trinajstić information content (AvgIpc) is 2.70. The van der Waals surface area contributed by atoms with Crippen LogP contribution in [0.1, 0.15) is 43.9 Å². The van der Waals surface area contributed by atoms with E-state index in [0.29, 0.717) is 26.2 Å². The van der Waals surface area contributed by atoms with Gasteiger partial charge in [-0.1, -0.05) is 31.2 Å². The maximum absolute atomic E-state index is 12.7. The number of amides is 3. The van der Waals surface area contributed by atoms with Gasteiger partial charge in [-0.15, -0.1) is 0 Å². The summed E-state index contributed by atoms with van der Waals surface area (Å²) in [4.78, 5) is 30.8. The zero-order chi connectivity index (χ0) is 20.1. The van der Waals surface area contributed by atoms with Gasteiger partial charge in [0, 0.05) is 26.2 Å². The van der Waals surface area contributed by atoms with E-state index < -0.39 is 0 Å². The highest BCUT2D eigenvalue weighted by molar-refractivity contribution is 5.85. The molecule has 1 atom stereocenters. The lowest BCUT2D eigenvalue weighted by Crippen LogP contribution is -2.55. The Morgan fingerprint density at radius 3 is 2.54 bits per heavy atom. The molecule has 2 fully saturated rings. The van der Waals surface area contributed by atoms with Crippen molar-refractivity contribution in [3.63, 3.8) is 0 Å². The number of urea groups is 1. The van der Waals surface area contributed by atoms with Crippen LogP contribution in [0.5, 0.6) is 0 Å². The molecule has 1 aromatic rings. The minimum atomic E-state index is -0.131. The van der Waals surface area contributed by atoms with Crippen molar-refractivity contribution in [1.82, 2.24) is 20.0 Å². The molecule has 0 aliphatic carbocycles. The number of piperazine rings is 1. The molecule has 1 aromatic carbocycles. The third-order valence-corrected chi connectivity index (χ3v) is 6.24. The number of carbonyl (C=O) groups is 2. The zero-order valence-corrected chi connectivity index (χ0v) is 17.5. The predicted molar refractivity (Wildman–Crippen MR) is 111 cm³/mol. The van der Waals surface area contributed by atoms with Gasteiger partial charge in [0.2, 0.25) is 5.91 Å². The Labute approximate surface area is 168 Å². The fourth-order valence-corrected chi connectivity index (χ4v) is 4.25. The summed E-state index contributed by atoms with van der Waals surface area (Å²) in [6.07, 6.45) is 2.40. The standard InChI is InChI=1S/C22H34N4O2/c1-4-24-13-14-26(16-21(24)27)22(28)23-15-20(19-8-6-5-7-18(19)3)25-11-9-17(2)10-12-25/h5-8,17,20H,4,9-16H2,1-3H3,(H,23,28). The molecule has 2 aliphatic rings. The lowest BCUT2D eigenvalue weighted by atomic mass is 9.94. The van der Waals surface area contributed by atoms with E-state index in [9.17, 15) is 9.59 Å². The highest BCUT2D eigenvalue weighted by Gasteiger charge is 2.29. The summed E-state index contributed by atoms with van der Waals surface area (Å²) in [6.45, 7) is 11.2. The molecule has 1 N–H and O–H groups in total. The number of hydrogen-bond donors (Lipinski definition) is 1. The predicted octanol–water partition coefficient (Wildman–Crippen LogP) is 2.64. The third-order valence-electron chi connectivity index (χ3n) is 6.24. The van der Waals surface area contributed by atoms with Crippen molar-refractivity contribution in [3.05, 3.63) is 35.4 Å². The van der Waals surface area contributed by atoms with Gasteiger partial charge >= 0.3 is 6.03 Å². The van der Waals surface area contributed by atoms with E-state index >= 15 is 0 Å². The minimum Gasteiger partial charge on any atom is -0.340 e. The van der Waals surface area contributed by atoms with Crippen molar-refractivity contribution in [3.8, 4) is 0 Å². The molecular weight excluding hydrogens is 352 g/mol. The lowest BCUT2D eigenvalue weighted by molar-refractivity contribution is -0.134. The van der Waals surface area contributed by atoms with Gasteiger partial charge in [-0.25, -0.2) is 4.79 Å². The van der Waals surface area contributed by atoms with Gasteiger partial charge < -0.3 is 15.1 Å². The topological polar surface area (TPSA) is 55.9 Å². The molecule has 0 aromatic heterocycles. The molecule has 2 heterocycles. The molecule has 154 valence electrons. The van der Waals surface area contributed by atoms with Crippen molar-refractivity contribution >= 4 is 11.9 Å². The first kappa shape index (κ1) is 20.6. The Morgan fingerprint density at radius 2 is 1.89 bits per heavy atom. The summed E-state index contributed by atoms with van der Waals surface area (Å²) >= 11 is 0. The smallest absolute Gasteiger partial charge is 0.317 e. The summed E-state index contributed by atoms with van der Waals surface area (Å²) < 4.78 is 0. The van der Waals surface area contributed by atoms with Gasteiger partial charge in [-0.05, 0) is 56.8 Å². The largest absolute Gasteiger partial charge is 0.340 e. The van der Waals surface area contributed by atoms with Crippen molar-refractivity contribution in [1.29, 1.82) is 0 Å². The van der Waals surface area contributed by atoms with Crippen molar-refractivity contribution in [2.45, 2.75) is 39.7 Å². The van der Waals surface area contributed by atoms with E-state index in [1.54, 1.807) is 9.80 Å². The van der Waals surface area contributed by atoms with Crippen LogP contribution in [-0.2, 0) is 4.79 Å². The Balaban J connectivity index is 1.65. The number of carbonyl (C=O) groups excluding carboxylic acids is 2. The van der Waals surface area contributed by atoms with E-state index in [0.717, 1.165) is 19.0 Å². The first-order valence-electron chi connectivity index (χ1n) is 10.6. The Bertz CT molecular complexity index is 685. The van der Waals surface area contributed by atoms with Crippen LogP contribution in [0.2, 0.25) is 0 Å². The summed E-state index contributed by atoms with van der Waals surface area (Å²) in [5.74, 6) is 0.800. The SMILES string of the molecule is CCN1CCN(C(=O)NCC(c2ccccc2C)N2CCC(C)CC2)CC1=O. The molecule has 6 heteroatoms. The Morgan fingerprint density at radius 1 is 1.18 bits per heavy atom. The molecule has 28 heavy (non-hydrogen) atoms. The molecule has 2 aliphatic heterocycles. The highest BCUT2D eigenvalue weighted by Crippen LogP contribution is 2.28. The van der Waals surface area contributed by atoms with Crippen molar-refractivity contribution in [2.24, 2.45) is 5.92 Å². The summed E-state index contributed by atoms with van der Waals surface area (Å²) in [6, 6.07) is 8.49. The van der Waals surface area contributed by atoms with Crippen LogP contribution in [-0.4, -0.2) is 72.5 Å². The lowest BCUT2D eigenvalue weighted by Gasteiger charge is -2.38.